The maximum Gasteiger partial charge on any atom is 0.220 e. The fraction of sp³-hybridized carbons (Fsp3) is 0.779. The van der Waals surface area contributed by atoms with Gasteiger partial charge in [0.2, 0.25) is 5.91 Å². The largest absolute Gasteiger partial charge is 0.394 e. The van der Waals surface area contributed by atoms with Crippen LogP contribution in [0, 0.1) is 0 Å². The van der Waals surface area contributed by atoms with E-state index in [2.05, 4.69) is 104 Å². The lowest BCUT2D eigenvalue weighted by Gasteiger charge is -2.40. The van der Waals surface area contributed by atoms with Crippen molar-refractivity contribution in [2.75, 3.05) is 13.2 Å². The van der Waals surface area contributed by atoms with Crippen LogP contribution in [0.15, 0.2) is 97.2 Å². The van der Waals surface area contributed by atoms with E-state index in [0.29, 0.717) is 6.42 Å². The predicted molar refractivity (Wildman–Crippen MR) is 368 cm³/mol. The molecule has 0 aromatic carbocycles. The number of unbranched alkanes of at least 4 members (excludes halogenated alkanes) is 39. The highest BCUT2D eigenvalue weighted by Gasteiger charge is 2.44. The molecule has 1 fully saturated rings. The Labute approximate surface area is 530 Å². The molecule has 1 rings (SSSR count). The minimum absolute atomic E-state index is 0.189. The summed E-state index contributed by atoms with van der Waals surface area (Å²) < 4.78 is 11.3. The third kappa shape index (κ3) is 53.0. The van der Waals surface area contributed by atoms with E-state index in [1.165, 1.54) is 231 Å². The number of aliphatic hydroxyl groups is 5. The summed E-state index contributed by atoms with van der Waals surface area (Å²) in [6, 6.07) is -0.835. The summed E-state index contributed by atoms with van der Waals surface area (Å²) in [5, 5.41) is 54.8. The first-order valence-electron chi connectivity index (χ1n) is 36.5. The topological polar surface area (TPSA) is 149 Å². The maximum atomic E-state index is 13.1. The lowest BCUT2D eigenvalue weighted by molar-refractivity contribution is -0.302. The molecule has 0 spiro atoms. The molecule has 7 atom stereocenters. The van der Waals surface area contributed by atoms with Gasteiger partial charge in [0.15, 0.2) is 6.29 Å². The average Bonchev–Trinajstić information content (AvgIpc) is 2.60. The zero-order valence-corrected chi connectivity index (χ0v) is 55.8. The number of hydrogen-bond acceptors (Lipinski definition) is 8. The van der Waals surface area contributed by atoms with Gasteiger partial charge in [0, 0.05) is 6.42 Å². The highest BCUT2D eigenvalue weighted by atomic mass is 16.7. The molecule has 7 unspecified atom stereocenters. The van der Waals surface area contributed by atoms with Gasteiger partial charge in [-0.2, -0.15) is 0 Å². The van der Waals surface area contributed by atoms with Crippen molar-refractivity contribution in [2.24, 2.45) is 0 Å². The molecule has 0 bridgehead atoms. The molecular weight excluding hydrogens is 1070 g/mol. The van der Waals surface area contributed by atoms with Gasteiger partial charge in [-0.1, -0.05) is 329 Å². The molecule has 1 aliphatic heterocycles. The van der Waals surface area contributed by atoms with Crippen LogP contribution >= 0.6 is 0 Å². The van der Waals surface area contributed by atoms with Gasteiger partial charge in [0.25, 0.3) is 0 Å². The Morgan fingerprint density at radius 3 is 1.12 bits per heavy atom. The summed E-state index contributed by atoms with van der Waals surface area (Å²) in [6.45, 7) is 3.68. The van der Waals surface area contributed by atoms with Gasteiger partial charge >= 0.3 is 0 Å². The molecule has 9 heteroatoms. The van der Waals surface area contributed by atoms with Gasteiger partial charge in [-0.15, -0.1) is 0 Å². The standard InChI is InChI=1S/C77H137NO8/c1-3-5-7-9-11-13-15-17-19-21-23-25-27-29-31-33-35-36-37-39-41-43-45-47-49-51-53-55-57-59-61-63-65-67-73(81)78-70(69-85-77-76(84)75(83)74(82)72(68-79)86-77)71(80)66-64-62-60-58-56-54-52-50-48-46-44-42-40-38-34-32-30-28-26-24-22-20-18-16-14-12-10-8-6-4-2/h5,7,11,13,17,19,23,25,29,31,48,50,56,58,64,66,70-72,74-77,79-80,82-84H,3-4,6,8-10,12,14-16,18,20-22,24,26-28,30,32-47,49,51-55,57,59-63,65,67-69H2,1-2H3,(H,78,81)/b7-5-,13-11-,19-17-,25-23-,31-29-,50-48+,58-56+,66-64+. The van der Waals surface area contributed by atoms with Crippen LogP contribution in [0.1, 0.15) is 328 Å². The van der Waals surface area contributed by atoms with Crippen LogP contribution in [0.25, 0.3) is 0 Å². The van der Waals surface area contributed by atoms with Gasteiger partial charge in [-0.05, 0) is 89.9 Å². The Balaban J connectivity index is 2.15. The molecule has 0 saturated carbocycles. The van der Waals surface area contributed by atoms with Crippen molar-refractivity contribution in [2.45, 2.75) is 371 Å². The number of ether oxygens (including phenoxy) is 2. The van der Waals surface area contributed by atoms with Crippen LogP contribution in [-0.2, 0) is 14.3 Å². The second-order valence-corrected chi connectivity index (χ2v) is 25.0. The Morgan fingerprint density at radius 2 is 0.733 bits per heavy atom. The maximum absolute atomic E-state index is 13.1. The predicted octanol–water partition coefficient (Wildman–Crippen LogP) is 20.3. The number of aliphatic hydroxyl groups excluding tert-OH is 5. The molecule has 6 N–H and O–H groups in total. The molecule has 1 heterocycles. The Hall–Kier alpha value is -2.89. The lowest BCUT2D eigenvalue weighted by Crippen LogP contribution is -2.60. The number of carbonyl (C=O) groups excluding carboxylic acids is 1. The van der Waals surface area contributed by atoms with Crippen molar-refractivity contribution in [1.82, 2.24) is 5.32 Å². The van der Waals surface area contributed by atoms with E-state index in [0.717, 1.165) is 77.0 Å². The second kappa shape index (κ2) is 65.1. The lowest BCUT2D eigenvalue weighted by atomic mass is 9.99. The minimum atomic E-state index is -1.58. The second-order valence-electron chi connectivity index (χ2n) is 25.0. The van der Waals surface area contributed by atoms with E-state index < -0.39 is 49.5 Å². The SMILES string of the molecule is CC/C=C\C/C=C\C/C=C\C/C=C\C/C=C\CCCCCCCCCCCCCCCCCCCC(=O)NC(COC1OC(CO)C(O)C(O)C1O)C(O)/C=C/CC/C=C/CC/C=C/CCCCCCCCCCCCCCCCCCCCCC. The van der Waals surface area contributed by atoms with Crippen molar-refractivity contribution in [3.05, 3.63) is 97.2 Å². The third-order valence-electron chi connectivity index (χ3n) is 16.9. The van der Waals surface area contributed by atoms with Crippen molar-refractivity contribution >= 4 is 5.91 Å². The average molecular weight is 1200 g/mol. The summed E-state index contributed by atoms with van der Waals surface area (Å²) >= 11 is 0. The fourth-order valence-corrected chi connectivity index (χ4v) is 11.2. The monoisotopic (exact) mass is 1200 g/mol. The number of amides is 1. The highest BCUT2D eigenvalue weighted by Crippen LogP contribution is 2.23. The van der Waals surface area contributed by atoms with Crippen molar-refractivity contribution < 1.29 is 39.8 Å². The first-order valence-corrected chi connectivity index (χ1v) is 36.5. The molecule has 86 heavy (non-hydrogen) atoms. The van der Waals surface area contributed by atoms with Crippen molar-refractivity contribution in [1.29, 1.82) is 0 Å². The van der Waals surface area contributed by atoms with Crippen molar-refractivity contribution in [3.8, 4) is 0 Å². The van der Waals surface area contributed by atoms with Gasteiger partial charge in [0.05, 0.1) is 25.4 Å². The van der Waals surface area contributed by atoms with Crippen LogP contribution in [0.2, 0.25) is 0 Å². The first kappa shape index (κ1) is 81.1. The van der Waals surface area contributed by atoms with Gasteiger partial charge < -0.3 is 40.3 Å². The molecule has 0 radical (unpaired) electrons. The Kier molecular flexibility index (Phi) is 61.4. The molecule has 1 amide bonds. The molecule has 9 nitrogen and oxygen atoms in total. The molecule has 0 aliphatic carbocycles. The van der Waals surface area contributed by atoms with E-state index in [1.807, 2.05) is 6.08 Å². The number of carbonyl (C=O) groups is 1. The number of rotatable bonds is 63. The number of allylic oxidation sites excluding steroid dienone is 15. The van der Waals surface area contributed by atoms with E-state index >= 15 is 0 Å². The van der Waals surface area contributed by atoms with Gasteiger partial charge in [-0.25, -0.2) is 0 Å². The normalized spacial score (nSPS) is 18.6. The molecule has 1 saturated heterocycles. The van der Waals surface area contributed by atoms with Crippen LogP contribution in [-0.4, -0.2) is 87.5 Å². The Bertz CT molecular complexity index is 1680. The van der Waals surface area contributed by atoms with Crippen molar-refractivity contribution in [3.63, 3.8) is 0 Å². The van der Waals surface area contributed by atoms with Crippen LogP contribution < -0.4 is 5.32 Å². The summed E-state index contributed by atoms with van der Waals surface area (Å²) in [4.78, 5) is 13.1. The van der Waals surface area contributed by atoms with E-state index in [1.54, 1.807) is 6.08 Å². The van der Waals surface area contributed by atoms with Crippen LogP contribution in [0.4, 0.5) is 0 Å². The molecule has 498 valence electrons. The van der Waals surface area contributed by atoms with Crippen LogP contribution in [0.3, 0.4) is 0 Å². The smallest absolute Gasteiger partial charge is 0.220 e. The molecular formula is C77H137NO8. The highest BCUT2D eigenvalue weighted by molar-refractivity contribution is 5.76. The number of nitrogens with one attached hydrogen (secondary N) is 1. The zero-order valence-electron chi connectivity index (χ0n) is 55.8. The fourth-order valence-electron chi connectivity index (χ4n) is 11.2. The molecule has 1 aliphatic rings. The molecule has 0 aromatic heterocycles. The molecule has 0 aromatic rings. The summed E-state index contributed by atoms with van der Waals surface area (Å²) in [5.41, 5.74) is 0. The summed E-state index contributed by atoms with van der Waals surface area (Å²) in [6.07, 6.45) is 88.1. The van der Waals surface area contributed by atoms with Crippen LogP contribution in [0.5, 0.6) is 0 Å². The minimum Gasteiger partial charge on any atom is -0.394 e. The summed E-state index contributed by atoms with van der Waals surface area (Å²) in [5.74, 6) is -0.189. The van der Waals surface area contributed by atoms with E-state index in [9.17, 15) is 30.3 Å². The third-order valence-corrected chi connectivity index (χ3v) is 16.9. The van der Waals surface area contributed by atoms with Gasteiger partial charge in [-0.3, -0.25) is 4.79 Å². The Morgan fingerprint density at radius 1 is 0.407 bits per heavy atom. The summed E-state index contributed by atoms with van der Waals surface area (Å²) in [7, 11) is 0. The first-order chi connectivity index (χ1) is 42.3. The zero-order chi connectivity index (χ0) is 62.1. The van der Waals surface area contributed by atoms with Gasteiger partial charge in [0.1, 0.15) is 24.4 Å². The quantitative estimate of drug-likeness (QED) is 0.0261. The van der Waals surface area contributed by atoms with E-state index in [4.69, 9.17) is 9.47 Å². The van der Waals surface area contributed by atoms with E-state index in [-0.39, 0.29) is 12.5 Å². The number of hydrogen-bond donors (Lipinski definition) is 6.